The molecule has 3 heterocycles. The molecule has 2 aromatic heterocycles. The molecule has 0 saturated carbocycles. The van der Waals surface area contributed by atoms with Crippen LogP contribution in [-0.2, 0) is 7.05 Å². The van der Waals surface area contributed by atoms with Gasteiger partial charge in [0.2, 0.25) is 5.95 Å². The van der Waals surface area contributed by atoms with Crippen molar-refractivity contribution in [3.63, 3.8) is 0 Å². The molecule has 0 atom stereocenters. The van der Waals surface area contributed by atoms with Gasteiger partial charge in [-0.25, -0.2) is 9.67 Å². The van der Waals surface area contributed by atoms with Crippen LogP contribution in [0.1, 0.15) is 10.4 Å². The minimum absolute atomic E-state index is 0.0634. The summed E-state index contributed by atoms with van der Waals surface area (Å²) in [4.78, 5) is 21.3. The second kappa shape index (κ2) is 6.43. The fourth-order valence-electron chi connectivity index (χ4n) is 3.16. The predicted octanol–water partition coefficient (Wildman–Crippen LogP) is 1.57. The smallest absolute Gasteiger partial charge is 0.254 e. The molecule has 25 heavy (non-hydrogen) atoms. The predicted molar refractivity (Wildman–Crippen MR) is 94.9 cm³/mol. The number of hydrogen-bond donors (Lipinski definition) is 0. The first-order valence-electron chi connectivity index (χ1n) is 8.34. The quantitative estimate of drug-likeness (QED) is 0.728. The van der Waals surface area contributed by atoms with Gasteiger partial charge in [-0.05, 0) is 24.3 Å². The van der Waals surface area contributed by atoms with E-state index >= 15 is 0 Å². The van der Waals surface area contributed by atoms with Crippen molar-refractivity contribution in [2.45, 2.75) is 0 Å². The Bertz CT molecular complexity index is 861. The lowest BCUT2D eigenvalue weighted by molar-refractivity contribution is 0.0746. The lowest BCUT2D eigenvalue weighted by atomic mass is 10.1. The summed E-state index contributed by atoms with van der Waals surface area (Å²) in [5.74, 6) is 1.02. The molecule has 1 aromatic carbocycles. The molecule has 0 unspecified atom stereocenters. The van der Waals surface area contributed by atoms with Gasteiger partial charge in [-0.3, -0.25) is 4.79 Å². The Hall–Kier alpha value is -3.09. The average molecular weight is 336 g/mol. The third-order valence-electron chi connectivity index (χ3n) is 4.51. The van der Waals surface area contributed by atoms with Crippen molar-refractivity contribution in [2.24, 2.45) is 7.05 Å². The Morgan fingerprint density at radius 3 is 2.56 bits per heavy atom. The second-order valence-corrected chi connectivity index (χ2v) is 6.12. The maximum Gasteiger partial charge on any atom is 0.254 e. The van der Waals surface area contributed by atoms with E-state index in [9.17, 15) is 4.79 Å². The molecule has 0 spiro atoms. The van der Waals surface area contributed by atoms with E-state index in [1.165, 1.54) is 0 Å². The number of imidazole rings is 1. The minimum atomic E-state index is 0.0634. The largest absolute Gasteiger partial charge is 0.339 e. The summed E-state index contributed by atoms with van der Waals surface area (Å²) in [6.45, 7) is 2.96. The van der Waals surface area contributed by atoms with E-state index in [1.807, 2.05) is 59.2 Å². The second-order valence-electron chi connectivity index (χ2n) is 6.12. The van der Waals surface area contributed by atoms with E-state index in [1.54, 1.807) is 17.1 Å². The average Bonchev–Trinajstić information content (AvgIpc) is 3.33. The molecule has 3 aromatic rings. The number of aryl methyl sites for hydroxylation is 1. The van der Waals surface area contributed by atoms with Gasteiger partial charge in [-0.2, -0.15) is 5.10 Å². The van der Waals surface area contributed by atoms with Crippen molar-refractivity contribution < 1.29 is 4.79 Å². The summed E-state index contributed by atoms with van der Waals surface area (Å²) in [5.41, 5.74) is 1.58. The van der Waals surface area contributed by atoms with Crippen LogP contribution in [0.4, 0.5) is 5.95 Å². The third-order valence-corrected chi connectivity index (χ3v) is 4.51. The zero-order valence-electron chi connectivity index (χ0n) is 14.1. The molecule has 1 fully saturated rings. The zero-order chi connectivity index (χ0) is 17.2. The van der Waals surface area contributed by atoms with E-state index in [0.29, 0.717) is 18.7 Å². The first-order chi connectivity index (χ1) is 12.2. The van der Waals surface area contributed by atoms with E-state index < -0.39 is 0 Å². The SMILES string of the molecule is Cn1ccnc1N1CCN(C(=O)c2cccc(-n3cccn3)c2)CC1. The highest BCUT2D eigenvalue weighted by Gasteiger charge is 2.24. The number of rotatable bonds is 3. The van der Waals surface area contributed by atoms with Gasteiger partial charge in [-0.1, -0.05) is 6.07 Å². The van der Waals surface area contributed by atoms with Crippen LogP contribution in [0.15, 0.2) is 55.1 Å². The molecule has 7 nitrogen and oxygen atoms in total. The highest BCUT2D eigenvalue weighted by molar-refractivity contribution is 5.95. The standard InChI is InChI=1S/C18H20N6O/c1-21-9-7-19-18(21)23-12-10-22(11-13-23)17(25)15-4-2-5-16(14-15)24-8-3-6-20-24/h2-9,14H,10-13H2,1H3. The van der Waals surface area contributed by atoms with Crippen LogP contribution in [0.3, 0.4) is 0 Å². The number of nitrogens with zero attached hydrogens (tertiary/aromatic N) is 6. The first kappa shape index (κ1) is 15.4. The van der Waals surface area contributed by atoms with Crippen LogP contribution in [0.5, 0.6) is 0 Å². The van der Waals surface area contributed by atoms with E-state index in [2.05, 4.69) is 15.0 Å². The lowest BCUT2D eigenvalue weighted by Gasteiger charge is -2.35. The molecule has 4 rings (SSSR count). The Balaban J connectivity index is 1.46. The minimum Gasteiger partial charge on any atom is -0.339 e. The fraction of sp³-hybridized carbons (Fsp3) is 0.278. The number of benzene rings is 1. The topological polar surface area (TPSA) is 59.2 Å². The Morgan fingerprint density at radius 1 is 1.04 bits per heavy atom. The van der Waals surface area contributed by atoms with Gasteiger partial charge >= 0.3 is 0 Å². The summed E-state index contributed by atoms with van der Waals surface area (Å²) in [5, 5.41) is 4.22. The van der Waals surface area contributed by atoms with Crippen LogP contribution in [0, 0.1) is 0 Å². The molecule has 0 aliphatic carbocycles. The van der Waals surface area contributed by atoms with E-state index in [0.717, 1.165) is 24.7 Å². The summed E-state index contributed by atoms with van der Waals surface area (Å²) < 4.78 is 3.76. The van der Waals surface area contributed by atoms with Crippen LogP contribution >= 0.6 is 0 Å². The molecular formula is C18H20N6O. The van der Waals surface area contributed by atoms with Gasteiger partial charge in [0.25, 0.3) is 5.91 Å². The molecular weight excluding hydrogens is 316 g/mol. The van der Waals surface area contributed by atoms with Gasteiger partial charge in [0, 0.05) is 63.6 Å². The van der Waals surface area contributed by atoms with Crippen molar-refractivity contribution in [3.8, 4) is 5.69 Å². The van der Waals surface area contributed by atoms with Crippen LogP contribution in [0.25, 0.3) is 5.69 Å². The number of aromatic nitrogens is 4. The lowest BCUT2D eigenvalue weighted by Crippen LogP contribution is -2.49. The number of carbonyl (C=O) groups is 1. The molecule has 7 heteroatoms. The van der Waals surface area contributed by atoms with Gasteiger partial charge in [-0.15, -0.1) is 0 Å². The Kier molecular flexibility index (Phi) is 3.97. The molecule has 1 saturated heterocycles. The molecule has 0 N–H and O–H groups in total. The highest BCUT2D eigenvalue weighted by atomic mass is 16.2. The fourth-order valence-corrected chi connectivity index (χ4v) is 3.16. The summed E-state index contributed by atoms with van der Waals surface area (Å²) in [6, 6.07) is 9.46. The van der Waals surface area contributed by atoms with Crippen LogP contribution < -0.4 is 4.90 Å². The van der Waals surface area contributed by atoms with Crippen LogP contribution in [-0.4, -0.2) is 56.3 Å². The maximum atomic E-state index is 12.8. The van der Waals surface area contributed by atoms with Crippen LogP contribution in [0.2, 0.25) is 0 Å². The van der Waals surface area contributed by atoms with Gasteiger partial charge in [0.05, 0.1) is 5.69 Å². The summed E-state index contributed by atoms with van der Waals surface area (Å²) >= 11 is 0. The normalized spacial score (nSPS) is 14.8. The number of amides is 1. The summed E-state index contributed by atoms with van der Waals surface area (Å²) in [7, 11) is 1.99. The van der Waals surface area contributed by atoms with E-state index in [-0.39, 0.29) is 5.91 Å². The van der Waals surface area contributed by atoms with Crippen molar-refractivity contribution in [1.82, 2.24) is 24.2 Å². The molecule has 128 valence electrons. The Morgan fingerprint density at radius 2 is 1.88 bits per heavy atom. The number of piperazine rings is 1. The Labute approximate surface area is 146 Å². The maximum absolute atomic E-state index is 12.8. The number of hydrogen-bond acceptors (Lipinski definition) is 4. The molecule has 1 aliphatic heterocycles. The molecule has 0 bridgehead atoms. The highest BCUT2D eigenvalue weighted by Crippen LogP contribution is 2.16. The molecule has 1 aliphatic rings. The molecule has 1 amide bonds. The van der Waals surface area contributed by atoms with Gasteiger partial charge in [0.15, 0.2) is 0 Å². The monoisotopic (exact) mass is 336 g/mol. The van der Waals surface area contributed by atoms with Crippen molar-refractivity contribution >= 4 is 11.9 Å². The third kappa shape index (κ3) is 3.00. The number of carbonyl (C=O) groups excluding carboxylic acids is 1. The summed E-state index contributed by atoms with van der Waals surface area (Å²) in [6.07, 6.45) is 7.34. The van der Waals surface area contributed by atoms with E-state index in [4.69, 9.17) is 0 Å². The van der Waals surface area contributed by atoms with Crippen molar-refractivity contribution in [2.75, 3.05) is 31.1 Å². The molecule has 0 radical (unpaired) electrons. The first-order valence-corrected chi connectivity index (χ1v) is 8.34. The van der Waals surface area contributed by atoms with Gasteiger partial charge in [0.1, 0.15) is 0 Å². The zero-order valence-corrected chi connectivity index (χ0v) is 14.1. The van der Waals surface area contributed by atoms with Gasteiger partial charge < -0.3 is 14.4 Å². The van der Waals surface area contributed by atoms with Crippen molar-refractivity contribution in [3.05, 3.63) is 60.7 Å². The number of anilines is 1. The van der Waals surface area contributed by atoms with Crippen molar-refractivity contribution in [1.29, 1.82) is 0 Å².